The van der Waals surface area contributed by atoms with Crippen molar-refractivity contribution in [1.82, 2.24) is 4.98 Å². The van der Waals surface area contributed by atoms with E-state index in [-0.39, 0.29) is 17.8 Å². The predicted molar refractivity (Wildman–Crippen MR) is 114 cm³/mol. The lowest BCUT2D eigenvalue weighted by atomic mass is 10.1. The summed E-state index contributed by atoms with van der Waals surface area (Å²) in [5.74, 6) is 0.969. The molecule has 0 fully saturated rings. The van der Waals surface area contributed by atoms with Crippen LogP contribution in [-0.4, -0.2) is 22.8 Å². The van der Waals surface area contributed by atoms with Crippen molar-refractivity contribution in [3.8, 4) is 5.75 Å². The standard InChI is InChI=1S/C23H23N3O3/c1-15(2)29-21-7-5-4-6-20(21)26-23(28)18-10-13-22(24-14-18)25-19-11-8-17(9-12-19)16(3)27/h4-15H,1-3H3,(H,24,25)(H,26,28). The molecule has 148 valence electrons. The topological polar surface area (TPSA) is 80.3 Å². The van der Waals surface area contributed by atoms with Crippen molar-refractivity contribution in [2.24, 2.45) is 0 Å². The Kier molecular flexibility index (Phi) is 6.24. The highest BCUT2D eigenvalue weighted by atomic mass is 16.5. The first-order valence-corrected chi connectivity index (χ1v) is 9.33. The fourth-order valence-electron chi connectivity index (χ4n) is 2.66. The number of carbonyl (C=O) groups is 2. The van der Waals surface area contributed by atoms with Gasteiger partial charge >= 0.3 is 0 Å². The SMILES string of the molecule is CC(=O)c1ccc(Nc2ccc(C(=O)Nc3ccccc3OC(C)C)cn2)cc1. The lowest BCUT2D eigenvalue weighted by Crippen LogP contribution is -2.14. The minimum atomic E-state index is -0.269. The maximum Gasteiger partial charge on any atom is 0.257 e. The zero-order valence-corrected chi connectivity index (χ0v) is 16.6. The van der Waals surface area contributed by atoms with Crippen LogP contribution in [0.3, 0.4) is 0 Å². The number of amides is 1. The quantitative estimate of drug-likeness (QED) is 0.552. The summed E-state index contributed by atoms with van der Waals surface area (Å²) < 4.78 is 5.73. The molecule has 1 aromatic heterocycles. The van der Waals surface area contributed by atoms with Crippen molar-refractivity contribution in [1.29, 1.82) is 0 Å². The fourth-order valence-corrected chi connectivity index (χ4v) is 2.66. The van der Waals surface area contributed by atoms with E-state index in [2.05, 4.69) is 15.6 Å². The Hall–Kier alpha value is -3.67. The average Bonchev–Trinajstić information content (AvgIpc) is 2.70. The second-order valence-corrected chi connectivity index (χ2v) is 6.81. The number of nitrogens with zero attached hydrogens (tertiary/aromatic N) is 1. The van der Waals surface area contributed by atoms with E-state index in [1.165, 1.54) is 13.1 Å². The summed E-state index contributed by atoms with van der Waals surface area (Å²) in [7, 11) is 0. The van der Waals surface area contributed by atoms with Crippen LogP contribution in [0.15, 0.2) is 66.9 Å². The largest absolute Gasteiger partial charge is 0.489 e. The van der Waals surface area contributed by atoms with Gasteiger partial charge in [-0.05, 0) is 69.3 Å². The van der Waals surface area contributed by atoms with Gasteiger partial charge in [-0.1, -0.05) is 12.1 Å². The molecular formula is C23H23N3O3. The first kappa shape index (κ1) is 20.1. The zero-order chi connectivity index (χ0) is 20.8. The van der Waals surface area contributed by atoms with Crippen LogP contribution in [0.25, 0.3) is 0 Å². The molecular weight excluding hydrogens is 366 g/mol. The van der Waals surface area contributed by atoms with Gasteiger partial charge in [0.25, 0.3) is 5.91 Å². The van der Waals surface area contributed by atoms with E-state index in [0.29, 0.717) is 28.4 Å². The lowest BCUT2D eigenvalue weighted by Gasteiger charge is -2.14. The molecule has 0 atom stereocenters. The highest BCUT2D eigenvalue weighted by Gasteiger charge is 2.11. The van der Waals surface area contributed by atoms with Gasteiger partial charge in [0.05, 0.1) is 17.4 Å². The number of ether oxygens (including phenoxy) is 1. The third kappa shape index (κ3) is 5.42. The second-order valence-electron chi connectivity index (χ2n) is 6.81. The van der Waals surface area contributed by atoms with E-state index in [1.807, 2.05) is 44.2 Å². The molecule has 1 heterocycles. The number of anilines is 3. The Morgan fingerprint density at radius 1 is 0.931 bits per heavy atom. The van der Waals surface area contributed by atoms with E-state index in [4.69, 9.17) is 4.74 Å². The first-order chi connectivity index (χ1) is 13.9. The van der Waals surface area contributed by atoms with Gasteiger partial charge in [-0.25, -0.2) is 4.98 Å². The third-order valence-electron chi connectivity index (χ3n) is 4.09. The molecule has 0 saturated heterocycles. The summed E-state index contributed by atoms with van der Waals surface area (Å²) >= 11 is 0. The molecule has 3 aromatic rings. The number of Topliss-reactive ketones (excluding diaryl/α,β-unsaturated/α-hetero) is 1. The van der Waals surface area contributed by atoms with Crippen molar-refractivity contribution in [2.75, 3.05) is 10.6 Å². The summed E-state index contributed by atoms with van der Waals surface area (Å²) in [5, 5.41) is 6.00. The number of hydrogen-bond acceptors (Lipinski definition) is 5. The van der Waals surface area contributed by atoms with Crippen LogP contribution in [0.5, 0.6) is 5.75 Å². The fraction of sp³-hybridized carbons (Fsp3) is 0.174. The Labute approximate surface area is 169 Å². The van der Waals surface area contributed by atoms with E-state index in [1.54, 1.807) is 30.3 Å². The Morgan fingerprint density at radius 3 is 2.24 bits per heavy atom. The Bertz CT molecular complexity index is 997. The van der Waals surface area contributed by atoms with Crippen LogP contribution in [0.4, 0.5) is 17.2 Å². The Morgan fingerprint density at radius 2 is 1.62 bits per heavy atom. The molecule has 0 saturated carbocycles. The van der Waals surface area contributed by atoms with Crippen LogP contribution >= 0.6 is 0 Å². The third-order valence-corrected chi connectivity index (χ3v) is 4.09. The summed E-state index contributed by atoms with van der Waals surface area (Å²) in [4.78, 5) is 28.2. The van der Waals surface area contributed by atoms with Crippen molar-refractivity contribution in [2.45, 2.75) is 26.9 Å². The van der Waals surface area contributed by atoms with Gasteiger partial charge in [0.15, 0.2) is 5.78 Å². The monoisotopic (exact) mass is 389 g/mol. The predicted octanol–water partition coefficient (Wildman–Crippen LogP) is 5.07. The smallest absolute Gasteiger partial charge is 0.257 e. The minimum Gasteiger partial charge on any atom is -0.489 e. The molecule has 1 amide bonds. The number of para-hydroxylation sites is 2. The van der Waals surface area contributed by atoms with Gasteiger partial charge in [0.1, 0.15) is 11.6 Å². The molecule has 0 radical (unpaired) electrons. The molecule has 0 unspecified atom stereocenters. The van der Waals surface area contributed by atoms with E-state index < -0.39 is 0 Å². The maximum atomic E-state index is 12.6. The number of aromatic nitrogens is 1. The van der Waals surface area contributed by atoms with Gasteiger partial charge < -0.3 is 15.4 Å². The van der Waals surface area contributed by atoms with E-state index in [9.17, 15) is 9.59 Å². The molecule has 2 aromatic carbocycles. The molecule has 6 heteroatoms. The van der Waals surface area contributed by atoms with Crippen LogP contribution in [0.1, 0.15) is 41.5 Å². The van der Waals surface area contributed by atoms with E-state index >= 15 is 0 Å². The highest BCUT2D eigenvalue weighted by molar-refractivity contribution is 6.05. The molecule has 0 aliphatic carbocycles. The summed E-state index contributed by atoms with van der Waals surface area (Å²) in [6.45, 7) is 5.39. The molecule has 6 nitrogen and oxygen atoms in total. The first-order valence-electron chi connectivity index (χ1n) is 9.33. The van der Waals surface area contributed by atoms with Crippen molar-refractivity contribution in [3.63, 3.8) is 0 Å². The number of benzene rings is 2. The molecule has 3 rings (SSSR count). The van der Waals surface area contributed by atoms with Gasteiger partial charge in [0.2, 0.25) is 0 Å². The molecule has 2 N–H and O–H groups in total. The second kappa shape index (κ2) is 9.01. The molecule has 0 aliphatic rings. The van der Waals surface area contributed by atoms with Gasteiger partial charge in [0, 0.05) is 17.4 Å². The van der Waals surface area contributed by atoms with Crippen LogP contribution in [0, 0.1) is 0 Å². The van der Waals surface area contributed by atoms with Crippen LogP contribution in [-0.2, 0) is 0 Å². The number of nitrogens with one attached hydrogen (secondary N) is 2. The summed E-state index contributed by atoms with van der Waals surface area (Å²) in [6.07, 6.45) is 1.51. The lowest BCUT2D eigenvalue weighted by molar-refractivity contribution is 0.101. The van der Waals surface area contributed by atoms with Gasteiger partial charge in [-0.3, -0.25) is 9.59 Å². The zero-order valence-electron chi connectivity index (χ0n) is 16.6. The number of ketones is 1. The maximum absolute atomic E-state index is 12.6. The molecule has 0 spiro atoms. The van der Waals surface area contributed by atoms with Crippen molar-refractivity contribution < 1.29 is 14.3 Å². The molecule has 0 bridgehead atoms. The van der Waals surface area contributed by atoms with Crippen molar-refractivity contribution in [3.05, 3.63) is 78.0 Å². The average molecular weight is 389 g/mol. The van der Waals surface area contributed by atoms with Crippen molar-refractivity contribution >= 4 is 28.9 Å². The molecule has 0 aliphatic heterocycles. The molecule has 29 heavy (non-hydrogen) atoms. The highest BCUT2D eigenvalue weighted by Crippen LogP contribution is 2.25. The normalized spacial score (nSPS) is 10.5. The van der Waals surface area contributed by atoms with Gasteiger partial charge in [-0.15, -0.1) is 0 Å². The summed E-state index contributed by atoms with van der Waals surface area (Å²) in [6, 6.07) is 17.9. The Balaban J connectivity index is 1.67. The van der Waals surface area contributed by atoms with Crippen LogP contribution < -0.4 is 15.4 Å². The minimum absolute atomic E-state index is 0.00425. The van der Waals surface area contributed by atoms with Gasteiger partial charge in [-0.2, -0.15) is 0 Å². The van der Waals surface area contributed by atoms with E-state index in [0.717, 1.165) is 5.69 Å². The number of pyridine rings is 1. The number of hydrogen-bond donors (Lipinski definition) is 2. The number of rotatable bonds is 7. The van der Waals surface area contributed by atoms with Crippen LogP contribution in [0.2, 0.25) is 0 Å². The summed E-state index contributed by atoms with van der Waals surface area (Å²) in [5.41, 5.74) is 2.50. The number of carbonyl (C=O) groups excluding carboxylic acids is 2.